The summed E-state index contributed by atoms with van der Waals surface area (Å²) in [6.45, 7) is 6.95. The quantitative estimate of drug-likeness (QED) is 0.613. The third kappa shape index (κ3) is 3.18. The van der Waals surface area contributed by atoms with Gasteiger partial charge >= 0.3 is 0 Å². The Bertz CT molecular complexity index is 723. The summed E-state index contributed by atoms with van der Waals surface area (Å²) in [7, 11) is 0. The summed E-state index contributed by atoms with van der Waals surface area (Å²) >= 11 is 0. The van der Waals surface area contributed by atoms with Gasteiger partial charge in [-0.05, 0) is 55.1 Å². The number of carbonyl (C=O) groups is 1. The van der Waals surface area contributed by atoms with Gasteiger partial charge in [0.05, 0.1) is 5.56 Å². The molecule has 2 aliphatic carbocycles. The van der Waals surface area contributed by atoms with Gasteiger partial charge in [0.1, 0.15) is 0 Å². The van der Waals surface area contributed by atoms with Crippen LogP contribution in [-0.4, -0.2) is 57.6 Å². The largest absolute Gasteiger partial charge is 0.300 e. The molecule has 4 fully saturated rings. The van der Waals surface area contributed by atoms with Crippen molar-refractivity contribution < 1.29 is 10.0 Å². The van der Waals surface area contributed by atoms with E-state index in [9.17, 15) is 4.79 Å². The minimum absolute atomic E-state index is 0.437. The van der Waals surface area contributed by atoms with Crippen molar-refractivity contribution in [2.24, 2.45) is 17.8 Å². The van der Waals surface area contributed by atoms with Crippen molar-refractivity contribution in [2.45, 2.75) is 57.7 Å². The van der Waals surface area contributed by atoms with Gasteiger partial charge in [-0.1, -0.05) is 6.92 Å². The Kier molecular flexibility index (Phi) is 4.45. The Labute approximate surface area is 160 Å². The molecular weight excluding hydrogens is 340 g/mol. The van der Waals surface area contributed by atoms with E-state index in [2.05, 4.69) is 21.7 Å². The maximum atomic E-state index is 11.7. The molecule has 0 radical (unpaired) electrons. The fourth-order valence-electron chi connectivity index (χ4n) is 5.70. The van der Waals surface area contributed by atoms with E-state index >= 15 is 0 Å². The number of carbonyl (C=O) groups excluding carboxylic acids is 1. The average molecular weight is 370 g/mol. The molecule has 6 rings (SSSR count). The fourth-order valence-corrected chi connectivity index (χ4v) is 5.70. The van der Waals surface area contributed by atoms with Crippen LogP contribution in [0.5, 0.6) is 0 Å². The number of amides is 1. The standard InChI is InChI=1S/C21H30N4O2/c1-2-17-7-20-16(5-13(8-22-20)21(26)23-27)11-25(17)12-19-14-6-15(19)10-24(9-14)18-3-4-18/h5,8,14-15,17-19,27H,2-4,6-7,9-12H2,1H3,(H,23,26)/t14?,15?,17-,19?/m1/s1. The van der Waals surface area contributed by atoms with Crippen LogP contribution in [-0.2, 0) is 13.0 Å². The number of aromatic nitrogens is 1. The lowest BCUT2D eigenvalue weighted by Crippen LogP contribution is -2.59. The first-order valence-electron chi connectivity index (χ1n) is 10.6. The minimum atomic E-state index is -0.483. The summed E-state index contributed by atoms with van der Waals surface area (Å²) in [6.07, 6.45) is 7.94. The Morgan fingerprint density at radius 1 is 1.33 bits per heavy atom. The SMILES string of the molecule is CC[C@@H]1Cc2ncc(C(=O)NO)cc2CN1CC1C2CC1CN(C1CC1)C2. The van der Waals surface area contributed by atoms with Crippen molar-refractivity contribution in [3.05, 3.63) is 29.1 Å². The second-order valence-corrected chi connectivity index (χ2v) is 9.07. The predicted molar refractivity (Wildman–Crippen MR) is 101 cm³/mol. The molecular formula is C21H30N4O2. The van der Waals surface area contributed by atoms with E-state index in [1.807, 2.05) is 6.07 Å². The zero-order valence-corrected chi connectivity index (χ0v) is 16.1. The molecule has 3 aliphatic heterocycles. The summed E-state index contributed by atoms with van der Waals surface area (Å²) < 4.78 is 0. The first-order valence-corrected chi connectivity index (χ1v) is 10.6. The number of pyridine rings is 1. The molecule has 2 unspecified atom stereocenters. The van der Waals surface area contributed by atoms with Gasteiger partial charge in [0.2, 0.25) is 0 Å². The van der Waals surface area contributed by atoms with Crippen LogP contribution < -0.4 is 5.48 Å². The lowest BCUT2D eigenvalue weighted by Gasteiger charge is -2.56. The van der Waals surface area contributed by atoms with Crippen LogP contribution in [0, 0.1) is 17.8 Å². The molecule has 0 spiro atoms. The van der Waals surface area contributed by atoms with E-state index < -0.39 is 5.91 Å². The number of nitrogens with one attached hydrogen (secondary N) is 1. The van der Waals surface area contributed by atoms with Crippen LogP contribution in [0.3, 0.4) is 0 Å². The number of piperidine rings is 2. The number of hydroxylamine groups is 1. The molecule has 6 nitrogen and oxygen atoms in total. The van der Waals surface area contributed by atoms with Gasteiger partial charge in [-0.25, -0.2) is 5.48 Å². The van der Waals surface area contributed by atoms with Crippen LogP contribution >= 0.6 is 0 Å². The number of hydrogen-bond acceptors (Lipinski definition) is 5. The molecule has 27 heavy (non-hydrogen) atoms. The van der Waals surface area contributed by atoms with E-state index in [0.717, 1.165) is 54.4 Å². The minimum Gasteiger partial charge on any atom is -0.300 e. The topological polar surface area (TPSA) is 68.7 Å². The van der Waals surface area contributed by atoms with Crippen molar-refractivity contribution >= 4 is 5.91 Å². The maximum absolute atomic E-state index is 11.7. The average Bonchev–Trinajstić information content (AvgIpc) is 3.55. The molecule has 1 aromatic heterocycles. The molecule has 1 amide bonds. The van der Waals surface area contributed by atoms with Crippen molar-refractivity contribution in [3.63, 3.8) is 0 Å². The van der Waals surface area contributed by atoms with Gasteiger partial charge in [0.15, 0.2) is 0 Å². The molecule has 4 heterocycles. The van der Waals surface area contributed by atoms with Crippen LogP contribution in [0.1, 0.15) is 54.2 Å². The molecule has 1 aromatic rings. The van der Waals surface area contributed by atoms with Gasteiger partial charge in [0, 0.05) is 56.6 Å². The Hall–Kier alpha value is -1.50. The van der Waals surface area contributed by atoms with Gasteiger partial charge in [-0.15, -0.1) is 0 Å². The van der Waals surface area contributed by atoms with E-state index in [1.54, 1.807) is 11.7 Å². The molecule has 146 valence electrons. The summed E-state index contributed by atoms with van der Waals surface area (Å²) in [4.78, 5) is 21.7. The third-order valence-electron chi connectivity index (χ3n) is 7.48. The summed E-state index contributed by atoms with van der Waals surface area (Å²) in [5.41, 5.74) is 4.41. The number of rotatable bonds is 5. The van der Waals surface area contributed by atoms with Crippen molar-refractivity contribution in [2.75, 3.05) is 19.6 Å². The molecule has 6 heteroatoms. The number of nitrogens with zero attached hydrogens (tertiary/aromatic N) is 3. The predicted octanol–water partition coefficient (Wildman–Crippen LogP) is 2.07. The number of fused-ring (bicyclic) bond motifs is 3. The molecule has 5 aliphatic rings. The van der Waals surface area contributed by atoms with Gasteiger partial charge in [-0.2, -0.15) is 0 Å². The number of hydrogen-bond donors (Lipinski definition) is 2. The maximum Gasteiger partial charge on any atom is 0.276 e. The van der Waals surface area contributed by atoms with Gasteiger partial charge in [-0.3, -0.25) is 24.8 Å². The molecule has 2 N–H and O–H groups in total. The highest BCUT2D eigenvalue weighted by Gasteiger charge is 2.50. The highest BCUT2D eigenvalue weighted by molar-refractivity contribution is 5.93. The van der Waals surface area contributed by atoms with Crippen molar-refractivity contribution in [1.82, 2.24) is 20.3 Å². The zero-order chi connectivity index (χ0) is 18.5. The summed E-state index contributed by atoms with van der Waals surface area (Å²) in [5.74, 6) is 2.12. The second-order valence-electron chi connectivity index (χ2n) is 9.07. The smallest absolute Gasteiger partial charge is 0.276 e. The Balaban J connectivity index is 1.29. The van der Waals surface area contributed by atoms with Crippen molar-refractivity contribution in [3.8, 4) is 0 Å². The molecule has 3 atom stereocenters. The highest BCUT2D eigenvalue weighted by Crippen LogP contribution is 2.48. The van der Waals surface area contributed by atoms with Crippen molar-refractivity contribution in [1.29, 1.82) is 0 Å². The van der Waals surface area contributed by atoms with Crippen LogP contribution in [0.15, 0.2) is 12.3 Å². The monoisotopic (exact) mass is 370 g/mol. The summed E-state index contributed by atoms with van der Waals surface area (Å²) in [5, 5.41) is 8.90. The third-order valence-corrected chi connectivity index (χ3v) is 7.48. The van der Waals surface area contributed by atoms with Crippen LogP contribution in [0.25, 0.3) is 0 Å². The lowest BCUT2D eigenvalue weighted by atomic mass is 9.61. The molecule has 0 aromatic carbocycles. The van der Waals surface area contributed by atoms with Gasteiger partial charge < -0.3 is 0 Å². The lowest BCUT2D eigenvalue weighted by molar-refractivity contribution is -0.0684. The van der Waals surface area contributed by atoms with E-state index in [0.29, 0.717) is 11.6 Å². The van der Waals surface area contributed by atoms with Crippen LogP contribution in [0.2, 0.25) is 0 Å². The highest BCUT2D eigenvalue weighted by atomic mass is 16.5. The second kappa shape index (κ2) is 6.83. The zero-order valence-electron chi connectivity index (χ0n) is 16.1. The normalized spacial score (nSPS) is 33.3. The van der Waals surface area contributed by atoms with E-state index in [-0.39, 0.29) is 0 Å². The van der Waals surface area contributed by atoms with E-state index in [4.69, 9.17) is 5.21 Å². The van der Waals surface area contributed by atoms with E-state index in [1.165, 1.54) is 38.9 Å². The van der Waals surface area contributed by atoms with Gasteiger partial charge in [0.25, 0.3) is 5.91 Å². The van der Waals surface area contributed by atoms with Crippen LogP contribution in [0.4, 0.5) is 0 Å². The first-order chi connectivity index (χ1) is 13.2. The summed E-state index contributed by atoms with van der Waals surface area (Å²) in [6, 6.07) is 3.36. The first kappa shape index (κ1) is 17.6. The molecule has 2 bridgehead atoms. The molecule has 2 saturated heterocycles. The Morgan fingerprint density at radius 3 is 2.78 bits per heavy atom. The molecule has 2 saturated carbocycles. The Morgan fingerprint density at radius 2 is 2.11 bits per heavy atom. The fraction of sp³-hybridized carbons (Fsp3) is 0.714.